The first kappa shape index (κ1) is 10.5. The molecule has 0 aliphatic heterocycles. The summed E-state index contributed by atoms with van der Waals surface area (Å²) in [7, 11) is 0. The summed E-state index contributed by atoms with van der Waals surface area (Å²) < 4.78 is 0. The number of rotatable bonds is 2. The van der Waals surface area contributed by atoms with E-state index in [9.17, 15) is 5.11 Å². The zero-order valence-corrected chi connectivity index (χ0v) is 8.55. The van der Waals surface area contributed by atoms with Crippen LogP contribution in [0.2, 0.25) is 5.02 Å². The van der Waals surface area contributed by atoms with E-state index in [0.717, 1.165) is 11.1 Å². The van der Waals surface area contributed by atoms with Gasteiger partial charge in [0.05, 0.1) is 12.1 Å². The fraction of sp³-hybridized carbons (Fsp3) is 0.400. The quantitative estimate of drug-likeness (QED) is 0.766. The van der Waals surface area contributed by atoms with Crippen LogP contribution in [0, 0.1) is 6.92 Å². The maximum absolute atomic E-state index is 9.28. The van der Waals surface area contributed by atoms with Crippen molar-refractivity contribution in [1.29, 1.82) is 0 Å². The summed E-state index contributed by atoms with van der Waals surface area (Å²) in [5.41, 5.74) is 7.64. The summed E-state index contributed by atoms with van der Waals surface area (Å²) in [6, 6.07) is 5.23. The van der Waals surface area contributed by atoms with Gasteiger partial charge in [-0.3, -0.25) is 0 Å². The molecule has 3 heteroatoms. The van der Waals surface area contributed by atoms with Crippen LogP contribution in [0.3, 0.4) is 0 Å². The van der Waals surface area contributed by atoms with Crippen LogP contribution in [-0.2, 0) is 0 Å². The van der Waals surface area contributed by atoms with E-state index >= 15 is 0 Å². The van der Waals surface area contributed by atoms with Gasteiger partial charge in [0.2, 0.25) is 0 Å². The molecule has 0 heterocycles. The Kier molecular flexibility index (Phi) is 3.31. The Labute approximate surface area is 83.3 Å². The molecule has 2 atom stereocenters. The maximum Gasteiger partial charge on any atom is 0.0705 e. The van der Waals surface area contributed by atoms with Gasteiger partial charge in [-0.25, -0.2) is 0 Å². The molecule has 1 aromatic carbocycles. The molecule has 0 aliphatic rings. The van der Waals surface area contributed by atoms with Crippen molar-refractivity contribution in [3.63, 3.8) is 0 Å². The molecule has 0 amide bonds. The van der Waals surface area contributed by atoms with Gasteiger partial charge in [-0.1, -0.05) is 23.7 Å². The van der Waals surface area contributed by atoms with Crippen molar-refractivity contribution in [2.24, 2.45) is 5.73 Å². The highest BCUT2D eigenvalue weighted by molar-refractivity contribution is 6.31. The molecule has 1 aromatic rings. The minimum absolute atomic E-state index is 0.409. The molecule has 0 aliphatic carbocycles. The Balaban J connectivity index is 3.01. The van der Waals surface area contributed by atoms with Gasteiger partial charge in [0.25, 0.3) is 0 Å². The first-order valence-electron chi connectivity index (χ1n) is 4.22. The van der Waals surface area contributed by atoms with Crippen molar-refractivity contribution in [3.05, 3.63) is 34.3 Å². The fourth-order valence-corrected chi connectivity index (χ4v) is 1.52. The average molecular weight is 200 g/mol. The van der Waals surface area contributed by atoms with Crippen molar-refractivity contribution in [1.82, 2.24) is 0 Å². The second-order valence-electron chi connectivity index (χ2n) is 3.29. The van der Waals surface area contributed by atoms with E-state index in [1.165, 1.54) is 0 Å². The third-order valence-electron chi connectivity index (χ3n) is 2.03. The topological polar surface area (TPSA) is 46.2 Å². The van der Waals surface area contributed by atoms with Crippen molar-refractivity contribution in [2.45, 2.75) is 26.0 Å². The summed E-state index contributed by atoms with van der Waals surface area (Å²) in [5.74, 6) is 0. The smallest absolute Gasteiger partial charge is 0.0705 e. The molecular formula is C10H14ClNO. The Morgan fingerprint density at radius 2 is 2.08 bits per heavy atom. The minimum Gasteiger partial charge on any atom is -0.391 e. The van der Waals surface area contributed by atoms with Gasteiger partial charge >= 0.3 is 0 Å². The number of nitrogens with two attached hydrogens (primary N) is 1. The molecule has 0 bridgehead atoms. The van der Waals surface area contributed by atoms with Crippen molar-refractivity contribution in [3.8, 4) is 0 Å². The number of aliphatic hydroxyl groups excluding tert-OH is 1. The first-order valence-corrected chi connectivity index (χ1v) is 4.60. The van der Waals surface area contributed by atoms with Crippen LogP contribution in [0.1, 0.15) is 24.1 Å². The van der Waals surface area contributed by atoms with Crippen LogP contribution in [0.15, 0.2) is 18.2 Å². The molecule has 0 fully saturated rings. The number of aliphatic hydroxyl groups is 1. The van der Waals surface area contributed by atoms with E-state index in [-0.39, 0.29) is 0 Å². The Hall–Kier alpha value is -0.570. The third kappa shape index (κ3) is 2.44. The van der Waals surface area contributed by atoms with Gasteiger partial charge in [-0.15, -0.1) is 0 Å². The largest absolute Gasteiger partial charge is 0.391 e. The van der Waals surface area contributed by atoms with E-state index in [2.05, 4.69) is 0 Å². The van der Waals surface area contributed by atoms with Crippen LogP contribution in [-0.4, -0.2) is 11.2 Å². The molecule has 0 saturated carbocycles. The number of hydrogen-bond donors (Lipinski definition) is 2. The lowest BCUT2D eigenvalue weighted by Crippen LogP contribution is -2.23. The van der Waals surface area contributed by atoms with E-state index in [4.69, 9.17) is 17.3 Å². The summed E-state index contributed by atoms with van der Waals surface area (Å²) >= 11 is 5.98. The first-order chi connectivity index (χ1) is 6.02. The van der Waals surface area contributed by atoms with E-state index < -0.39 is 12.1 Å². The lowest BCUT2D eigenvalue weighted by atomic mass is 10.0. The van der Waals surface area contributed by atoms with Crippen LogP contribution in [0.5, 0.6) is 0 Å². The molecule has 3 N–H and O–H groups in total. The molecule has 0 aromatic heterocycles. The number of benzene rings is 1. The Morgan fingerprint density at radius 3 is 2.54 bits per heavy atom. The van der Waals surface area contributed by atoms with Crippen LogP contribution in [0.4, 0.5) is 0 Å². The molecule has 0 unspecified atom stereocenters. The van der Waals surface area contributed by atoms with Gasteiger partial charge in [-0.05, 0) is 31.0 Å². The molecule has 2 nitrogen and oxygen atoms in total. The SMILES string of the molecule is Cc1ccc([C@H](N)[C@H](C)O)c(Cl)c1. The van der Waals surface area contributed by atoms with Gasteiger partial charge in [-0.2, -0.15) is 0 Å². The highest BCUT2D eigenvalue weighted by atomic mass is 35.5. The van der Waals surface area contributed by atoms with Crippen molar-refractivity contribution < 1.29 is 5.11 Å². The number of hydrogen-bond acceptors (Lipinski definition) is 2. The molecule has 0 spiro atoms. The zero-order chi connectivity index (χ0) is 10.0. The maximum atomic E-state index is 9.28. The van der Waals surface area contributed by atoms with E-state index in [0.29, 0.717) is 5.02 Å². The number of aryl methyl sites for hydroxylation is 1. The predicted molar refractivity (Wildman–Crippen MR) is 54.8 cm³/mol. The van der Waals surface area contributed by atoms with E-state index in [1.807, 2.05) is 25.1 Å². The normalized spacial score (nSPS) is 15.5. The Bertz CT molecular complexity index is 299. The highest BCUT2D eigenvalue weighted by Gasteiger charge is 2.14. The summed E-state index contributed by atoms with van der Waals surface area (Å²) in [4.78, 5) is 0. The van der Waals surface area contributed by atoms with Gasteiger partial charge in [0.15, 0.2) is 0 Å². The zero-order valence-electron chi connectivity index (χ0n) is 7.79. The lowest BCUT2D eigenvalue weighted by Gasteiger charge is -2.16. The van der Waals surface area contributed by atoms with Gasteiger partial charge in [0, 0.05) is 5.02 Å². The fourth-order valence-electron chi connectivity index (χ4n) is 1.16. The van der Waals surface area contributed by atoms with Crippen LogP contribution in [0.25, 0.3) is 0 Å². The summed E-state index contributed by atoms with van der Waals surface area (Å²) in [5, 5.41) is 9.90. The van der Waals surface area contributed by atoms with Crippen molar-refractivity contribution >= 4 is 11.6 Å². The highest BCUT2D eigenvalue weighted by Crippen LogP contribution is 2.24. The monoisotopic (exact) mass is 199 g/mol. The molecular weight excluding hydrogens is 186 g/mol. The van der Waals surface area contributed by atoms with Gasteiger partial charge < -0.3 is 10.8 Å². The predicted octanol–water partition coefficient (Wildman–Crippen LogP) is 2.03. The van der Waals surface area contributed by atoms with E-state index in [1.54, 1.807) is 6.92 Å². The minimum atomic E-state index is -0.583. The summed E-state index contributed by atoms with van der Waals surface area (Å²) in [6.07, 6.45) is -0.583. The molecule has 1 rings (SSSR count). The van der Waals surface area contributed by atoms with Gasteiger partial charge in [0.1, 0.15) is 0 Å². The average Bonchev–Trinajstić information content (AvgIpc) is 2.03. The number of halogens is 1. The van der Waals surface area contributed by atoms with Crippen LogP contribution < -0.4 is 5.73 Å². The summed E-state index contributed by atoms with van der Waals surface area (Å²) in [6.45, 7) is 3.62. The Morgan fingerprint density at radius 1 is 1.46 bits per heavy atom. The van der Waals surface area contributed by atoms with Crippen LogP contribution >= 0.6 is 11.6 Å². The van der Waals surface area contributed by atoms with Crippen molar-refractivity contribution in [2.75, 3.05) is 0 Å². The molecule has 0 radical (unpaired) electrons. The second kappa shape index (κ2) is 4.09. The molecule has 0 saturated heterocycles. The molecule has 13 heavy (non-hydrogen) atoms. The lowest BCUT2D eigenvalue weighted by molar-refractivity contribution is 0.164. The standard InChI is InChI=1S/C10H14ClNO/c1-6-3-4-8(9(11)5-6)10(12)7(2)13/h3-5,7,10,13H,12H2,1-2H3/t7-,10+/m0/s1. The second-order valence-corrected chi connectivity index (χ2v) is 3.70. The third-order valence-corrected chi connectivity index (χ3v) is 2.36. The molecule has 72 valence electrons.